The van der Waals surface area contributed by atoms with Gasteiger partial charge in [0.1, 0.15) is 18.1 Å². The third-order valence-electron chi connectivity index (χ3n) is 8.18. The second kappa shape index (κ2) is 15.6. The first-order valence-corrected chi connectivity index (χ1v) is 17.6. The number of carbonyl (C=O) groups excluding carboxylic acids is 4. The first-order chi connectivity index (χ1) is 22.7. The SMILES string of the molecule is C=CCC(NC(=O)[C@@H]1CCCN1C(=O)[C@@H](NC(=O)OCCC/C=C/c1ccc2nc[nH]c(=O)c2c1)C(C)(C)C)C(=O)NS(=O)(=O)C1CC1. The van der Waals surface area contributed by atoms with E-state index in [1.165, 1.54) is 17.3 Å². The van der Waals surface area contributed by atoms with E-state index < -0.39 is 62.6 Å². The Hall–Kier alpha value is -4.53. The lowest BCUT2D eigenvalue weighted by Crippen LogP contribution is -2.59. The van der Waals surface area contributed by atoms with E-state index in [0.717, 1.165) is 5.56 Å². The van der Waals surface area contributed by atoms with Crippen molar-refractivity contribution in [3.63, 3.8) is 0 Å². The minimum atomic E-state index is -3.82. The van der Waals surface area contributed by atoms with E-state index in [-0.39, 0.29) is 25.1 Å². The number of hydrogen-bond acceptors (Lipinski definition) is 9. The topological polar surface area (TPSA) is 197 Å². The van der Waals surface area contributed by atoms with E-state index in [9.17, 15) is 32.4 Å². The third-order valence-corrected chi connectivity index (χ3v) is 10.0. The van der Waals surface area contributed by atoms with Crippen molar-refractivity contribution in [2.24, 2.45) is 5.41 Å². The monoisotopic (exact) mass is 684 g/mol. The Balaban J connectivity index is 1.29. The molecule has 4 amide bonds. The van der Waals surface area contributed by atoms with Crippen LogP contribution in [-0.4, -0.2) is 83.6 Å². The van der Waals surface area contributed by atoms with Crippen LogP contribution in [0.25, 0.3) is 17.0 Å². The Morgan fingerprint density at radius 2 is 1.92 bits per heavy atom. The Labute approximate surface area is 279 Å². The molecule has 1 saturated carbocycles. The van der Waals surface area contributed by atoms with Gasteiger partial charge in [-0.15, -0.1) is 6.58 Å². The Bertz CT molecular complexity index is 1730. The van der Waals surface area contributed by atoms with Gasteiger partial charge in [0.15, 0.2) is 0 Å². The summed E-state index contributed by atoms with van der Waals surface area (Å²) in [6.45, 7) is 9.32. The number of sulfonamides is 1. The number of fused-ring (bicyclic) bond motifs is 1. The average molecular weight is 685 g/mol. The minimum absolute atomic E-state index is 0.00545. The number of H-pyrrole nitrogens is 1. The highest BCUT2D eigenvalue weighted by Gasteiger charge is 2.43. The highest BCUT2D eigenvalue weighted by atomic mass is 32.2. The Kier molecular flexibility index (Phi) is 11.8. The van der Waals surface area contributed by atoms with E-state index in [1.807, 2.05) is 22.9 Å². The zero-order chi connectivity index (χ0) is 35.1. The lowest BCUT2D eigenvalue weighted by molar-refractivity contribution is -0.142. The van der Waals surface area contributed by atoms with Crippen LogP contribution in [0, 0.1) is 5.41 Å². The van der Waals surface area contributed by atoms with Gasteiger partial charge in [0, 0.05) is 6.54 Å². The second-order valence-corrected chi connectivity index (χ2v) is 15.1. The number of ether oxygens (including phenoxy) is 1. The Morgan fingerprint density at radius 1 is 1.17 bits per heavy atom. The maximum absolute atomic E-state index is 13.8. The second-order valence-electron chi connectivity index (χ2n) is 13.1. The summed E-state index contributed by atoms with van der Waals surface area (Å²) in [7, 11) is -3.82. The van der Waals surface area contributed by atoms with Gasteiger partial charge in [-0.25, -0.2) is 18.2 Å². The number of carbonyl (C=O) groups is 4. The van der Waals surface area contributed by atoms with Gasteiger partial charge in [0.2, 0.25) is 21.8 Å². The minimum Gasteiger partial charge on any atom is -0.450 e. The lowest BCUT2D eigenvalue weighted by Gasteiger charge is -2.35. The molecular weight excluding hydrogens is 640 g/mol. The highest BCUT2D eigenvalue weighted by molar-refractivity contribution is 7.90. The van der Waals surface area contributed by atoms with Gasteiger partial charge >= 0.3 is 6.09 Å². The van der Waals surface area contributed by atoms with Crippen LogP contribution < -0.4 is 20.9 Å². The number of aromatic nitrogens is 2. The van der Waals surface area contributed by atoms with Crippen molar-refractivity contribution in [1.82, 2.24) is 30.2 Å². The average Bonchev–Trinajstić information content (AvgIpc) is 3.78. The fourth-order valence-electron chi connectivity index (χ4n) is 5.39. The number of amides is 4. The van der Waals surface area contributed by atoms with Crippen molar-refractivity contribution in [3.8, 4) is 0 Å². The summed E-state index contributed by atoms with van der Waals surface area (Å²) < 4.78 is 32.0. The fraction of sp³-hybridized carbons (Fsp3) is 0.515. The summed E-state index contributed by atoms with van der Waals surface area (Å²) in [4.78, 5) is 72.7. The molecule has 1 aromatic heterocycles. The largest absolute Gasteiger partial charge is 0.450 e. The molecular formula is C33H44N6O8S. The van der Waals surface area contributed by atoms with Gasteiger partial charge < -0.3 is 25.3 Å². The quantitative estimate of drug-likeness (QED) is 0.171. The number of unbranched alkanes of at least 4 members (excludes halogenated alkanes) is 1. The number of alkyl carbamates (subject to hydrolysis) is 1. The Morgan fingerprint density at radius 3 is 2.60 bits per heavy atom. The number of benzene rings is 1. The van der Waals surface area contributed by atoms with Gasteiger partial charge in [-0.2, -0.15) is 0 Å². The molecule has 1 saturated heterocycles. The molecule has 1 aromatic carbocycles. The van der Waals surface area contributed by atoms with Crippen molar-refractivity contribution in [2.75, 3.05) is 13.2 Å². The summed E-state index contributed by atoms with van der Waals surface area (Å²) in [5.74, 6) is -1.92. The van der Waals surface area contributed by atoms with Crippen LogP contribution in [0.2, 0.25) is 0 Å². The van der Waals surface area contributed by atoms with Crippen molar-refractivity contribution in [3.05, 3.63) is 59.2 Å². The number of aromatic amines is 1. The van der Waals surface area contributed by atoms with Gasteiger partial charge in [-0.1, -0.05) is 45.1 Å². The molecule has 2 aromatic rings. The van der Waals surface area contributed by atoms with Gasteiger partial charge in [0.05, 0.1) is 29.1 Å². The molecule has 1 unspecified atom stereocenters. The van der Waals surface area contributed by atoms with E-state index in [1.54, 1.807) is 32.9 Å². The maximum Gasteiger partial charge on any atom is 0.407 e. The standard InChI is InChI=1S/C33H44N6O8S/c1-5-10-25(29(41)38-48(45,46)22-14-15-22)36-30(42)26-12-9-17-39(26)31(43)27(33(2,3)4)37-32(44)47-18-8-6-7-11-21-13-16-24-23(19-21)28(40)35-20-34-24/h5,7,11,13,16,19-20,22,25-27H,1,6,8-10,12,14-15,17-18H2,2-4H3,(H,36,42)(H,37,44)(H,38,41)(H,34,35,40)/b11-7+/t25?,26-,27+/m0/s1. The normalized spacial score (nSPS) is 17.9. The van der Waals surface area contributed by atoms with Crippen LogP contribution in [-0.2, 0) is 29.1 Å². The molecule has 48 heavy (non-hydrogen) atoms. The number of allylic oxidation sites excluding steroid dienone is 1. The van der Waals surface area contributed by atoms with E-state index in [0.29, 0.717) is 49.4 Å². The van der Waals surface area contributed by atoms with Gasteiger partial charge in [-0.3, -0.25) is 23.9 Å². The molecule has 0 radical (unpaired) electrons. The highest BCUT2D eigenvalue weighted by Crippen LogP contribution is 2.28. The molecule has 1 aliphatic heterocycles. The predicted molar refractivity (Wildman–Crippen MR) is 180 cm³/mol. The smallest absolute Gasteiger partial charge is 0.407 e. The molecule has 260 valence electrons. The maximum atomic E-state index is 13.8. The zero-order valence-electron chi connectivity index (χ0n) is 27.5. The van der Waals surface area contributed by atoms with Crippen LogP contribution >= 0.6 is 0 Å². The third kappa shape index (κ3) is 9.52. The lowest BCUT2D eigenvalue weighted by atomic mass is 9.85. The van der Waals surface area contributed by atoms with Crippen LogP contribution in [0.15, 0.2) is 48.1 Å². The fourth-order valence-corrected chi connectivity index (χ4v) is 6.74. The molecule has 4 N–H and O–H groups in total. The molecule has 1 aliphatic carbocycles. The summed E-state index contributed by atoms with van der Waals surface area (Å²) in [5, 5.41) is 5.15. The zero-order valence-corrected chi connectivity index (χ0v) is 28.3. The summed E-state index contributed by atoms with van der Waals surface area (Å²) in [5.41, 5.74) is 0.486. The van der Waals surface area contributed by atoms with E-state index in [4.69, 9.17) is 4.74 Å². The molecule has 0 bridgehead atoms. The summed E-state index contributed by atoms with van der Waals surface area (Å²) in [6.07, 6.45) is 8.68. The van der Waals surface area contributed by atoms with E-state index in [2.05, 4.69) is 27.2 Å². The van der Waals surface area contributed by atoms with Gasteiger partial charge in [0.25, 0.3) is 11.5 Å². The first kappa shape index (κ1) is 36.3. The number of rotatable bonds is 14. The number of nitrogens with one attached hydrogen (secondary N) is 4. The molecule has 0 spiro atoms. The molecule has 2 fully saturated rings. The van der Waals surface area contributed by atoms with Crippen LogP contribution in [0.1, 0.15) is 71.3 Å². The molecule has 2 heterocycles. The van der Waals surface area contributed by atoms with Crippen LogP contribution in [0.3, 0.4) is 0 Å². The first-order valence-electron chi connectivity index (χ1n) is 16.1. The summed E-state index contributed by atoms with van der Waals surface area (Å²) >= 11 is 0. The van der Waals surface area contributed by atoms with Crippen LogP contribution in [0.5, 0.6) is 0 Å². The van der Waals surface area contributed by atoms with E-state index >= 15 is 0 Å². The molecule has 4 rings (SSSR count). The van der Waals surface area contributed by atoms with Crippen LogP contribution in [0.4, 0.5) is 4.79 Å². The van der Waals surface area contributed by atoms with Crippen molar-refractivity contribution >= 4 is 50.8 Å². The number of likely N-dealkylation sites (tertiary alicyclic amines) is 1. The van der Waals surface area contributed by atoms with Crippen molar-refractivity contribution in [2.45, 2.75) is 89.1 Å². The number of hydrogen-bond donors (Lipinski definition) is 4. The molecule has 15 heteroatoms. The van der Waals surface area contributed by atoms with Gasteiger partial charge in [-0.05, 0) is 68.1 Å². The predicted octanol–water partition coefficient (Wildman–Crippen LogP) is 2.52. The molecule has 3 atom stereocenters. The molecule has 2 aliphatic rings. The number of nitrogens with zero attached hydrogens (tertiary/aromatic N) is 2. The van der Waals surface area contributed by atoms with Crippen molar-refractivity contribution < 1.29 is 32.3 Å². The van der Waals surface area contributed by atoms with Crippen molar-refractivity contribution in [1.29, 1.82) is 0 Å². The summed E-state index contributed by atoms with van der Waals surface area (Å²) in [6, 6.07) is 2.26. The molecule has 14 nitrogen and oxygen atoms in total.